The van der Waals surface area contributed by atoms with E-state index in [1.165, 1.54) is 5.56 Å². The number of benzene rings is 1. The highest BCUT2D eigenvalue weighted by molar-refractivity contribution is 5.92. The number of aryl methyl sites for hydroxylation is 1. The smallest absolute Gasteiger partial charge is 0.287 e. The first-order valence-electron chi connectivity index (χ1n) is 6.75. The minimum atomic E-state index is -0.317. The second-order valence-electron chi connectivity index (χ2n) is 4.77. The highest BCUT2D eigenvalue weighted by Crippen LogP contribution is 2.22. The SMILES string of the molecule is CCc1ccc(-c2ccc(C(=O)NC(C)CO)o2)cc1. The molecule has 1 heterocycles. The van der Waals surface area contributed by atoms with Crippen molar-refractivity contribution in [3.63, 3.8) is 0 Å². The van der Waals surface area contributed by atoms with Crippen molar-refractivity contribution in [2.75, 3.05) is 6.61 Å². The van der Waals surface area contributed by atoms with Gasteiger partial charge in [-0.05, 0) is 31.0 Å². The van der Waals surface area contributed by atoms with Crippen LogP contribution in [0.5, 0.6) is 0 Å². The van der Waals surface area contributed by atoms with Gasteiger partial charge in [-0.1, -0.05) is 31.2 Å². The Labute approximate surface area is 118 Å². The largest absolute Gasteiger partial charge is 0.451 e. The van der Waals surface area contributed by atoms with Crippen molar-refractivity contribution < 1.29 is 14.3 Å². The quantitative estimate of drug-likeness (QED) is 0.880. The van der Waals surface area contributed by atoms with Crippen LogP contribution in [0.15, 0.2) is 40.8 Å². The number of aliphatic hydroxyl groups is 1. The molecular weight excluding hydrogens is 254 g/mol. The molecule has 2 rings (SSSR count). The van der Waals surface area contributed by atoms with Crippen LogP contribution in [0.1, 0.15) is 30.0 Å². The van der Waals surface area contributed by atoms with Crippen molar-refractivity contribution in [3.8, 4) is 11.3 Å². The monoisotopic (exact) mass is 273 g/mol. The normalized spacial score (nSPS) is 12.2. The molecule has 1 amide bonds. The van der Waals surface area contributed by atoms with Crippen molar-refractivity contribution in [2.45, 2.75) is 26.3 Å². The summed E-state index contributed by atoms with van der Waals surface area (Å²) in [5.41, 5.74) is 2.20. The zero-order chi connectivity index (χ0) is 14.5. The maximum Gasteiger partial charge on any atom is 0.287 e. The molecule has 4 heteroatoms. The van der Waals surface area contributed by atoms with Gasteiger partial charge in [0.05, 0.1) is 6.61 Å². The van der Waals surface area contributed by atoms with E-state index in [1.807, 2.05) is 24.3 Å². The van der Waals surface area contributed by atoms with Crippen LogP contribution >= 0.6 is 0 Å². The number of amides is 1. The van der Waals surface area contributed by atoms with Gasteiger partial charge < -0.3 is 14.8 Å². The second kappa shape index (κ2) is 6.39. The zero-order valence-corrected chi connectivity index (χ0v) is 11.7. The number of aliphatic hydroxyl groups excluding tert-OH is 1. The number of hydrogen-bond donors (Lipinski definition) is 2. The summed E-state index contributed by atoms with van der Waals surface area (Å²) >= 11 is 0. The Kier molecular flexibility index (Phi) is 4.58. The lowest BCUT2D eigenvalue weighted by Gasteiger charge is -2.08. The number of furan rings is 1. The lowest BCUT2D eigenvalue weighted by atomic mass is 10.1. The predicted octanol–water partition coefficient (Wildman–Crippen LogP) is 2.62. The predicted molar refractivity (Wildman–Crippen MR) is 77.5 cm³/mol. The number of rotatable bonds is 5. The van der Waals surface area contributed by atoms with Crippen molar-refractivity contribution in [2.24, 2.45) is 0 Å². The molecule has 0 saturated heterocycles. The molecule has 1 aromatic carbocycles. The molecule has 0 radical (unpaired) electrons. The van der Waals surface area contributed by atoms with Crippen LogP contribution in [0, 0.1) is 0 Å². The molecule has 2 N–H and O–H groups in total. The van der Waals surface area contributed by atoms with Crippen LogP contribution in [0.25, 0.3) is 11.3 Å². The van der Waals surface area contributed by atoms with E-state index < -0.39 is 0 Å². The number of carbonyl (C=O) groups excluding carboxylic acids is 1. The molecule has 0 bridgehead atoms. The van der Waals surface area contributed by atoms with Crippen LogP contribution in [-0.2, 0) is 6.42 Å². The fraction of sp³-hybridized carbons (Fsp3) is 0.312. The molecule has 0 aliphatic rings. The third-order valence-electron chi connectivity index (χ3n) is 3.13. The molecule has 4 nitrogen and oxygen atoms in total. The van der Waals surface area contributed by atoms with Gasteiger partial charge in [0, 0.05) is 11.6 Å². The number of hydrogen-bond acceptors (Lipinski definition) is 3. The molecule has 2 aromatic rings. The molecule has 1 unspecified atom stereocenters. The number of carbonyl (C=O) groups is 1. The summed E-state index contributed by atoms with van der Waals surface area (Å²) in [4.78, 5) is 11.8. The molecule has 1 atom stereocenters. The topological polar surface area (TPSA) is 62.5 Å². The van der Waals surface area contributed by atoms with E-state index in [0.717, 1.165) is 12.0 Å². The summed E-state index contributed by atoms with van der Waals surface area (Å²) in [5.74, 6) is 0.595. The Morgan fingerprint density at radius 3 is 2.55 bits per heavy atom. The van der Waals surface area contributed by atoms with E-state index in [1.54, 1.807) is 19.1 Å². The Morgan fingerprint density at radius 1 is 1.25 bits per heavy atom. The minimum absolute atomic E-state index is 0.0994. The van der Waals surface area contributed by atoms with Gasteiger partial charge in [-0.25, -0.2) is 0 Å². The number of nitrogens with one attached hydrogen (secondary N) is 1. The summed E-state index contributed by atoms with van der Waals surface area (Å²) < 4.78 is 5.56. The summed E-state index contributed by atoms with van der Waals surface area (Å²) in [6, 6.07) is 11.2. The standard InChI is InChI=1S/C16H19NO3/c1-3-12-4-6-13(7-5-12)14-8-9-15(20-14)16(19)17-11(2)10-18/h4-9,11,18H,3,10H2,1-2H3,(H,17,19). The average molecular weight is 273 g/mol. The summed E-state index contributed by atoms with van der Waals surface area (Å²) in [7, 11) is 0. The van der Waals surface area contributed by atoms with Crippen molar-refractivity contribution in [1.29, 1.82) is 0 Å². The van der Waals surface area contributed by atoms with Gasteiger partial charge in [-0.3, -0.25) is 4.79 Å². The highest BCUT2D eigenvalue weighted by atomic mass is 16.4. The first-order chi connectivity index (χ1) is 9.63. The van der Waals surface area contributed by atoms with E-state index in [-0.39, 0.29) is 24.3 Å². The van der Waals surface area contributed by atoms with Crippen LogP contribution in [-0.4, -0.2) is 23.7 Å². The average Bonchev–Trinajstić information content (AvgIpc) is 2.97. The Morgan fingerprint density at radius 2 is 1.95 bits per heavy atom. The van der Waals surface area contributed by atoms with Gasteiger partial charge in [0.25, 0.3) is 5.91 Å². The highest BCUT2D eigenvalue weighted by Gasteiger charge is 2.14. The lowest BCUT2D eigenvalue weighted by Crippen LogP contribution is -2.34. The Bertz CT molecular complexity index is 572. The van der Waals surface area contributed by atoms with Crippen molar-refractivity contribution >= 4 is 5.91 Å². The fourth-order valence-electron chi connectivity index (χ4n) is 1.86. The molecule has 0 fully saturated rings. The summed E-state index contributed by atoms with van der Waals surface area (Å²) in [6.45, 7) is 3.73. The first-order valence-corrected chi connectivity index (χ1v) is 6.75. The third-order valence-corrected chi connectivity index (χ3v) is 3.13. The molecular formula is C16H19NO3. The van der Waals surface area contributed by atoms with Crippen LogP contribution < -0.4 is 5.32 Å². The van der Waals surface area contributed by atoms with Crippen molar-refractivity contribution in [1.82, 2.24) is 5.32 Å². The molecule has 1 aromatic heterocycles. The van der Waals surface area contributed by atoms with Crippen LogP contribution in [0.4, 0.5) is 0 Å². The zero-order valence-electron chi connectivity index (χ0n) is 11.7. The van der Waals surface area contributed by atoms with E-state index in [4.69, 9.17) is 9.52 Å². The third kappa shape index (κ3) is 3.27. The summed E-state index contributed by atoms with van der Waals surface area (Å²) in [5, 5.41) is 11.6. The Hall–Kier alpha value is -2.07. The lowest BCUT2D eigenvalue weighted by molar-refractivity contribution is 0.0895. The van der Waals surface area contributed by atoms with Gasteiger partial charge in [-0.2, -0.15) is 0 Å². The Balaban J connectivity index is 2.13. The summed E-state index contributed by atoms with van der Waals surface area (Å²) in [6.07, 6.45) is 0.991. The molecule has 20 heavy (non-hydrogen) atoms. The van der Waals surface area contributed by atoms with Crippen LogP contribution in [0.2, 0.25) is 0 Å². The van der Waals surface area contributed by atoms with Gasteiger partial charge in [0.15, 0.2) is 5.76 Å². The minimum Gasteiger partial charge on any atom is -0.451 e. The van der Waals surface area contributed by atoms with E-state index in [2.05, 4.69) is 12.2 Å². The maximum absolute atomic E-state index is 11.8. The molecule has 0 spiro atoms. The van der Waals surface area contributed by atoms with Gasteiger partial charge in [0.2, 0.25) is 0 Å². The van der Waals surface area contributed by atoms with E-state index >= 15 is 0 Å². The van der Waals surface area contributed by atoms with E-state index in [0.29, 0.717) is 5.76 Å². The first kappa shape index (κ1) is 14.3. The molecule has 106 valence electrons. The molecule has 0 saturated carbocycles. The van der Waals surface area contributed by atoms with Gasteiger partial charge >= 0.3 is 0 Å². The fourth-order valence-corrected chi connectivity index (χ4v) is 1.86. The van der Waals surface area contributed by atoms with Crippen LogP contribution in [0.3, 0.4) is 0 Å². The van der Waals surface area contributed by atoms with Crippen molar-refractivity contribution in [3.05, 3.63) is 47.7 Å². The van der Waals surface area contributed by atoms with Gasteiger partial charge in [-0.15, -0.1) is 0 Å². The molecule has 0 aliphatic carbocycles. The maximum atomic E-state index is 11.8. The van der Waals surface area contributed by atoms with E-state index in [9.17, 15) is 4.79 Å². The van der Waals surface area contributed by atoms with Gasteiger partial charge in [0.1, 0.15) is 5.76 Å². The molecule has 0 aliphatic heterocycles. The second-order valence-corrected chi connectivity index (χ2v) is 4.77.